The third kappa shape index (κ3) is 7.84. The summed E-state index contributed by atoms with van der Waals surface area (Å²) >= 11 is 0. The number of hydrogen-bond acceptors (Lipinski definition) is 11. The number of oxime groups is 1. The van der Waals surface area contributed by atoms with E-state index in [2.05, 4.69) is 10.5 Å². The van der Waals surface area contributed by atoms with Crippen molar-refractivity contribution >= 4 is 31.5 Å². The number of carbonyl (C=O) groups excluding carboxylic acids is 3. The smallest absolute Gasteiger partial charge is 0.451 e. The van der Waals surface area contributed by atoms with E-state index < -0.39 is 91.2 Å². The Morgan fingerprint density at radius 1 is 1.15 bits per heavy atom. The van der Waals surface area contributed by atoms with Gasteiger partial charge in [0.15, 0.2) is 11.3 Å². The van der Waals surface area contributed by atoms with Crippen LogP contribution in [0.15, 0.2) is 34.3 Å². The Labute approximate surface area is 296 Å². The molecule has 0 unspecified atom stereocenters. The maximum absolute atomic E-state index is 14.3. The van der Waals surface area contributed by atoms with Crippen LogP contribution in [-0.2, 0) is 29.9 Å². The van der Waals surface area contributed by atoms with Gasteiger partial charge in [0.05, 0.1) is 17.9 Å². The molecule has 2 aromatic rings. The molecule has 3 N–H and O–H groups in total. The first kappa shape index (κ1) is 37.4. The summed E-state index contributed by atoms with van der Waals surface area (Å²) in [5.41, 5.74) is -1.95. The lowest BCUT2D eigenvalue weighted by molar-refractivity contribution is -0.0658. The van der Waals surface area contributed by atoms with Crippen LogP contribution in [0.3, 0.4) is 0 Å². The first-order valence-corrected chi connectivity index (χ1v) is 18.4. The predicted molar refractivity (Wildman–Crippen MR) is 175 cm³/mol. The van der Waals surface area contributed by atoms with E-state index in [-0.39, 0.29) is 30.5 Å². The number of ether oxygens (including phenoxy) is 3. The van der Waals surface area contributed by atoms with E-state index in [0.717, 1.165) is 24.3 Å². The molecule has 4 aliphatic rings. The van der Waals surface area contributed by atoms with Gasteiger partial charge in [0.1, 0.15) is 23.8 Å². The average Bonchev–Trinajstić information content (AvgIpc) is 3.41. The number of rotatable bonds is 10. The number of nitrogens with one attached hydrogen (secondary N) is 1. The van der Waals surface area contributed by atoms with Crippen molar-refractivity contribution in [2.24, 2.45) is 11.1 Å². The molecule has 19 heteroatoms. The van der Waals surface area contributed by atoms with E-state index in [0.29, 0.717) is 44.6 Å². The van der Waals surface area contributed by atoms with E-state index in [9.17, 15) is 42.3 Å². The zero-order valence-corrected chi connectivity index (χ0v) is 29.3. The third-order valence-electron chi connectivity index (χ3n) is 10.0. The fourth-order valence-electron chi connectivity index (χ4n) is 7.37. The molecule has 282 valence electrons. The standard InChI is InChI=1S/C33H39F2N4O12P/c1-18-12-33(51-37-18)10-9-19(2)38-15-26(33)39-14-23(30(41)36-13-20-7-8-22(34)11-24(20)35)28(40)29(27(39)31(38)42)48-17-49-32(43)47-16-21-5-3-4-6-25(21)50-52(44,45)46/h7-8,11,14,19,21,25-26H,3-6,9-10,12-13,15-17H2,1-2H3,(H,36,41)(H2,44,45,46)/t19-,21-,25-,26+,33-/m0/s1. The molecule has 52 heavy (non-hydrogen) atoms. The summed E-state index contributed by atoms with van der Waals surface area (Å²) in [5, 5.41) is 6.64. The Balaban J connectivity index is 1.27. The highest BCUT2D eigenvalue weighted by Gasteiger charge is 2.54. The van der Waals surface area contributed by atoms with Crippen molar-refractivity contribution in [3.63, 3.8) is 0 Å². The van der Waals surface area contributed by atoms with Gasteiger partial charge in [-0.1, -0.05) is 24.1 Å². The molecular weight excluding hydrogens is 713 g/mol. The quantitative estimate of drug-likeness (QED) is 0.180. The number of amides is 2. The maximum atomic E-state index is 14.3. The molecule has 1 aromatic carbocycles. The van der Waals surface area contributed by atoms with Gasteiger partial charge in [0.25, 0.3) is 11.8 Å². The topological polar surface area (TPSA) is 205 Å². The minimum atomic E-state index is -4.78. The van der Waals surface area contributed by atoms with Gasteiger partial charge < -0.3 is 43.6 Å². The number of nitrogens with zero attached hydrogens (tertiary/aromatic N) is 3. The molecule has 1 aliphatic carbocycles. The number of fused-ring (bicyclic) bond motifs is 5. The first-order valence-electron chi connectivity index (χ1n) is 16.9. The van der Waals surface area contributed by atoms with Gasteiger partial charge >= 0.3 is 14.0 Å². The van der Waals surface area contributed by atoms with Gasteiger partial charge in [0.2, 0.25) is 18.0 Å². The van der Waals surface area contributed by atoms with Crippen LogP contribution in [0.2, 0.25) is 0 Å². The Morgan fingerprint density at radius 3 is 2.63 bits per heavy atom. The number of phosphoric ester groups is 1. The van der Waals surface area contributed by atoms with Crippen LogP contribution in [0, 0.1) is 17.6 Å². The zero-order chi connectivity index (χ0) is 37.4. The summed E-state index contributed by atoms with van der Waals surface area (Å²) in [7, 11) is -4.78. The summed E-state index contributed by atoms with van der Waals surface area (Å²) in [6.07, 6.45) is 2.86. The number of pyridine rings is 1. The number of benzene rings is 1. The monoisotopic (exact) mass is 752 g/mol. The molecule has 6 rings (SSSR count). The van der Waals surface area contributed by atoms with E-state index >= 15 is 0 Å². The van der Waals surface area contributed by atoms with Gasteiger partial charge in [-0.15, -0.1) is 0 Å². The molecule has 2 fully saturated rings. The maximum Gasteiger partial charge on any atom is 0.511 e. The zero-order valence-electron chi connectivity index (χ0n) is 28.4. The Morgan fingerprint density at radius 2 is 1.92 bits per heavy atom. The van der Waals surface area contributed by atoms with E-state index in [1.807, 2.05) is 6.92 Å². The normalized spacial score (nSPS) is 25.5. The van der Waals surface area contributed by atoms with Crippen molar-refractivity contribution in [3.8, 4) is 5.75 Å². The Bertz CT molecular complexity index is 1890. The minimum absolute atomic E-state index is 0.0430. The number of halogens is 2. The molecule has 2 amide bonds. The molecule has 1 saturated heterocycles. The lowest BCUT2D eigenvalue weighted by Crippen LogP contribution is -2.52. The van der Waals surface area contributed by atoms with E-state index in [1.165, 1.54) is 10.8 Å². The Kier molecular flexibility index (Phi) is 10.7. The van der Waals surface area contributed by atoms with Crippen LogP contribution < -0.4 is 15.5 Å². The first-order chi connectivity index (χ1) is 24.7. The van der Waals surface area contributed by atoms with Crippen LogP contribution in [0.25, 0.3) is 0 Å². The van der Waals surface area contributed by atoms with Gasteiger partial charge in [-0.3, -0.25) is 18.9 Å². The predicted octanol–water partition coefficient (Wildman–Crippen LogP) is 3.93. The van der Waals surface area contributed by atoms with Crippen molar-refractivity contribution in [1.29, 1.82) is 0 Å². The largest absolute Gasteiger partial charge is 0.511 e. The molecule has 4 heterocycles. The molecule has 16 nitrogen and oxygen atoms in total. The van der Waals surface area contributed by atoms with E-state index in [1.54, 1.807) is 11.8 Å². The highest BCUT2D eigenvalue weighted by molar-refractivity contribution is 7.46. The summed E-state index contributed by atoms with van der Waals surface area (Å²) in [4.78, 5) is 80.2. The van der Waals surface area contributed by atoms with Gasteiger partial charge in [0, 0.05) is 49.3 Å². The molecule has 0 radical (unpaired) electrons. The molecule has 3 aliphatic heterocycles. The number of hydrogen-bond donors (Lipinski definition) is 3. The summed E-state index contributed by atoms with van der Waals surface area (Å²) in [6, 6.07) is 1.92. The number of carbonyl (C=O) groups is 3. The van der Waals surface area contributed by atoms with Gasteiger partial charge in [-0.2, -0.15) is 0 Å². The Hall–Kier alpha value is -4.38. The SMILES string of the molecule is CC1=NO[C@@]2(CC[C@H](C)N3C[C@H]2n2cc(C(=O)NCc4ccc(F)cc4F)c(=O)c(OCOC(=O)OC[C@@H]4CCCC[C@@H]4OP(=O)(O)O)c2C3=O)C1. The second kappa shape index (κ2) is 14.9. The molecule has 5 atom stereocenters. The minimum Gasteiger partial charge on any atom is -0.451 e. The fraction of sp³-hybridized carbons (Fsp3) is 0.545. The highest BCUT2D eigenvalue weighted by Crippen LogP contribution is 2.46. The molecule has 2 bridgehead atoms. The molecule has 1 aromatic heterocycles. The van der Waals surface area contributed by atoms with Crippen LogP contribution in [0.1, 0.15) is 91.2 Å². The lowest BCUT2D eigenvalue weighted by Gasteiger charge is -2.42. The summed E-state index contributed by atoms with van der Waals surface area (Å²) in [6.45, 7) is 2.24. The summed E-state index contributed by atoms with van der Waals surface area (Å²) < 4.78 is 61.4. The molecule has 1 spiro atoms. The van der Waals surface area contributed by atoms with E-state index in [4.69, 9.17) is 23.6 Å². The van der Waals surface area contributed by atoms with Crippen LogP contribution in [-0.4, -0.2) is 80.6 Å². The van der Waals surface area contributed by atoms with Crippen LogP contribution in [0.5, 0.6) is 5.75 Å². The third-order valence-corrected chi connectivity index (χ3v) is 10.6. The van der Waals surface area contributed by atoms with Crippen molar-refractivity contribution in [2.75, 3.05) is 19.9 Å². The second-order valence-electron chi connectivity index (χ2n) is 13.5. The average molecular weight is 753 g/mol. The van der Waals surface area contributed by atoms with Crippen molar-refractivity contribution in [3.05, 3.63) is 63.1 Å². The van der Waals surface area contributed by atoms with Gasteiger partial charge in [-0.25, -0.2) is 18.1 Å². The van der Waals surface area contributed by atoms with Crippen molar-refractivity contribution < 1.29 is 61.1 Å². The van der Waals surface area contributed by atoms with Gasteiger partial charge in [-0.05, 0) is 45.6 Å². The fourth-order valence-corrected chi connectivity index (χ4v) is 8.01. The lowest BCUT2D eigenvalue weighted by atomic mass is 9.84. The highest BCUT2D eigenvalue weighted by atomic mass is 31.2. The van der Waals surface area contributed by atoms with Crippen LogP contribution >= 0.6 is 7.82 Å². The second-order valence-corrected chi connectivity index (χ2v) is 14.7. The summed E-state index contributed by atoms with van der Waals surface area (Å²) in [5.74, 6) is -4.33. The van der Waals surface area contributed by atoms with Crippen molar-refractivity contribution in [2.45, 2.75) is 89.1 Å². The molecule has 1 saturated carbocycles. The molecular formula is C33H39F2N4O12P. The van der Waals surface area contributed by atoms with Crippen LogP contribution in [0.4, 0.5) is 13.6 Å². The van der Waals surface area contributed by atoms with Crippen molar-refractivity contribution in [1.82, 2.24) is 14.8 Å². The number of phosphoric acid groups is 1. The number of aromatic nitrogens is 1.